The van der Waals surface area contributed by atoms with Gasteiger partial charge in [-0.05, 0) is 31.5 Å². The van der Waals surface area contributed by atoms with Crippen molar-refractivity contribution in [1.82, 2.24) is 29.8 Å². The maximum atomic E-state index is 11.9. The van der Waals surface area contributed by atoms with Crippen molar-refractivity contribution in [2.24, 2.45) is 14.1 Å². The third kappa shape index (κ3) is 3.01. The van der Waals surface area contributed by atoms with Gasteiger partial charge < -0.3 is 9.88 Å². The number of nitrogens with one attached hydrogen (secondary N) is 1. The summed E-state index contributed by atoms with van der Waals surface area (Å²) in [6.45, 7) is 1.88. The molecule has 1 N–H and O–H groups in total. The van der Waals surface area contributed by atoms with Gasteiger partial charge in [-0.25, -0.2) is 0 Å². The van der Waals surface area contributed by atoms with Crippen molar-refractivity contribution in [3.63, 3.8) is 0 Å². The molecule has 1 atom stereocenters. The van der Waals surface area contributed by atoms with Crippen LogP contribution in [0.1, 0.15) is 47.2 Å². The third-order valence-corrected chi connectivity index (χ3v) is 4.75. The highest BCUT2D eigenvalue weighted by Gasteiger charge is 2.27. The molecule has 0 bridgehead atoms. The van der Waals surface area contributed by atoms with Gasteiger partial charge >= 0.3 is 0 Å². The monoisotopic (exact) mass is 316 g/mol. The Morgan fingerprint density at radius 3 is 2.87 bits per heavy atom. The van der Waals surface area contributed by atoms with Gasteiger partial charge in [-0.15, -0.1) is 5.10 Å². The Morgan fingerprint density at radius 2 is 2.17 bits per heavy atom. The summed E-state index contributed by atoms with van der Waals surface area (Å²) in [5.41, 5.74) is 3.01. The zero-order valence-corrected chi connectivity index (χ0v) is 14.0. The zero-order chi connectivity index (χ0) is 16.4. The zero-order valence-electron chi connectivity index (χ0n) is 14.0. The number of nitrogens with zero attached hydrogens (tertiary/aromatic N) is 5. The number of carbonyl (C=O) groups is 1. The molecule has 2 aromatic rings. The van der Waals surface area contributed by atoms with E-state index in [0.29, 0.717) is 11.7 Å². The molecule has 124 valence electrons. The van der Waals surface area contributed by atoms with E-state index in [1.807, 2.05) is 35.6 Å². The fraction of sp³-hybridized carbons (Fsp3) is 0.562. The summed E-state index contributed by atoms with van der Waals surface area (Å²) < 4.78 is 3.84. The molecule has 0 aromatic carbocycles. The molecule has 23 heavy (non-hydrogen) atoms. The average Bonchev–Trinajstić information content (AvgIpc) is 3.14. The van der Waals surface area contributed by atoms with Gasteiger partial charge in [0.2, 0.25) is 0 Å². The molecular weight excluding hydrogens is 292 g/mol. The number of aromatic nitrogens is 4. The minimum absolute atomic E-state index is 0.0445. The van der Waals surface area contributed by atoms with Crippen LogP contribution in [0.2, 0.25) is 0 Å². The largest absolute Gasteiger partial charge is 0.354 e. The maximum Gasteiger partial charge on any atom is 0.267 e. The van der Waals surface area contributed by atoms with Gasteiger partial charge in [-0.1, -0.05) is 11.6 Å². The van der Waals surface area contributed by atoms with Crippen LogP contribution in [-0.4, -0.2) is 44.0 Å². The van der Waals surface area contributed by atoms with Crippen molar-refractivity contribution < 1.29 is 4.79 Å². The first-order valence-corrected chi connectivity index (χ1v) is 8.07. The Kier molecular flexibility index (Phi) is 4.47. The first kappa shape index (κ1) is 15.7. The molecule has 2 aromatic heterocycles. The summed E-state index contributed by atoms with van der Waals surface area (Å²) in [6.07, 6.45) is 5.35. The van der Waals surface area contributed by atoms with Gasteiger partial charge in [0, 0.05) is 33.4 Å². The van der Waals surface area contributed by atoms with Crippen LogP contribution in [0, 0.1) is 0 Å². The van der Waals surface area contributed by atoms with E-state index < -0.39 is 0 Å². The summed E-state index contributed by atoms with van der Waals surface area (Å²) >= 11 is 0. The van der Waals surface area contributed by atoms with Crippen LogP contribution in [0.4, 0.5) is 0 Å². The number of aryl methyl sites for hydroxylation is 1. The topological polar surface area (TPSA) is 68.0 Å². The molecule has 3 rings (SSSR count). The summed E-state index contributed by atoms with van der Waals surface area (Å²) in [7, 11) is 5.56. The molecule has 0 spiro atoms. The molecule has 1 saturated heterocycles. The van der Waals surface area contributed by atoms with Crippen molar-refractivity contribution in [3.05, 3.63) is 35.4 Å². The summed E-state index contributed by atoms with van der Waals surface area (Å²) in [4.78, 5) is 14.4. The molecule has 0 saturated carbocycles. The quantitative estimate of drug-likeness (QED) is 0.921. The highest BCUT2D eigenvalue weighted by atomic mass is 16.1. The lowest BCUT2D eigenvalue weighted by Crippen LogP contribution is -2.35. The van der Waals surface area contributed by atoms with Gasteiger partial charge in [0.15, 0.2) is 0 Å². The molecule has 1 aliphatic rings. The molecule has 1 unspecified atom stereocenters. The summed E-state index contributed by atoms with van der Waals surface area (Å²) in [5, 5.41) is 10.7. The molecule has 7 heteroatoms. The minimum atomic E-state index is -0.0445. The molecular formula is C16H24N6O. The van der Waals surface area contributed by atoms with Crippen LogP contribution >= 0.6 is 0 Å². The van der Waals surface area contributed by atoms with E-state index >= 15 is 0 Å². The highest BCUT2D eigenvalue weighted by molar-refractivity contribution is 5.92. The van der Waals surface area contributed by atoms with Gasteiger partial charge in [0.25, 0.3) is 5.91 Å². The second kappa shape index (κ2) is 6.54. The van der Waals surface area contributed by atoms with Gasteiger partial charge in [0.1, 0.15) is 5.69 Å². The Labute approximate surface area is 136 Å². The van der Waals surface area contributed by atoms with Crippen molar-refractivity contribution in [3.8, 4) is 0 Å². The van der Waals surface area contributed by atoms with E-state index in [1.165, 1.54) is 18.5 Å². The Morgan fingerprint density at radius 1 is 1.35 bits per heavy atom. The van der Waals surface area contributed by atoms with Crippen LogP contribution in [0.5, 0.6) is 0 Å². The first-order valence-electron chi connectivity index (χ1n) is 8.07. The summed E-state index contributed by atoms with van der Waals surface area (Å²) in [6, 6.07) is 4.31. The lowest BCUT2D eigenvalue weighted by molar-refractivity contribution is 0.0952. The molecule has 0 radical (unpaired) electrons. The van der Waals surface area contributed by atoms with E-state index in [9.17, 15) is 4.79 Å². The minimum Gasteiger partial charge on any atom is -0.354 e. The van der Waals surface area contributed by atoms with E-state index in [4.69, 9.17) is 0 Å². The summed E-state index contributed by atoms with van der Waals surface area (Å²) in [5.74, 6) is -0.0445. The van der Waals surface area contributed by atoms with E-state index in [1.54, 1.807) is 7.05 Å². The fourth-order valence-corrected chi connectivity index (χ4v) is 3.40. The van der Waals surface area contributed by atoms with E-state index in [2.05, 4.69) is 26.6 Å². The standard InChI is InChI=1S/C16H24N6O/c1-17-16(23)15-8-7-13(20(15)2)14-6-4-5-9-22(14)11-12-10-18-19-21(12)3/h7-8,10,14H,4-6,9,11H2,1-3H3,(H,17,23). The lowest BCUT2D eigenvalue weighted by Gasteiger charge is -2.36. The number of amides is 1. The molecule has 0 aliphatic carbocycles. The Hall–Kier alpha value is -2.15. The van der Waals surface area contributed by atoms with E-state index in [-0.39, 0.29) is 5.91 Å². The smallest absolute Gasteiger partial charge is 0.267 e. The number of hydrogen-bond acceptors (Lipinski definition) is 4. The second-order valence-electron chi connectivity index (χ2n) is 6.11. The van der Waals surface area contributed by atoms with Crippen molar-refractivity contribution >= 4 is 5.91 Å². The van der Waals surface area contributed by atoms with Crippen molar-refractivity contribution in [2.75, 3.05) is 13.6 Å². The maximum absolute atomic E-state index is 11.9. The van der Waals surface area contributed by atoms with Crippen LogP contribution in [-0.2, 0) is 20.6 Å². The van der Waals surface area contributed by atoms with Crippen LogP contribution < -0.4 is 5.32 Å². The SMILES string of the molecule is CNC(=O)c1ccc(C2CCCCN2Cc2cnnn2C)n1C. The third-order valence-electron chi connectivity index (χ3n) is 4.75. The van der Waals surface area contributed by atoms with Crippen LogP contribution in [0.25, 0.3) is 0 Å². The van der Waals surface area contributed by atoms with Crippen molar-refractivity contribution in [1.29, 1.82) is 0 Å². The van der Waals surface area contributed by atoms with Crippen molar-refractivity contribution in [2.45, 2.75) is 31.8 Å². The average molecular weight is 316 g/mol. The molecule has 1 amide bonds. The first-order chi connectivity index (χ1) is 11.1. The van der Waals surface area contributed by atoms with Crippen LogP contribution in [0.15, 0.2) is 18.3 Å². The lowest BCUT2D eigenvalue weighted by atomic mass is 9.99. The van der Waals surface area contributed by atoms with Gasteiger partial charge in [-0.3, -0.25) is 14.4 Å². The number of carbonyl (C=O) groups excluding carboxylic acids is 1. The van der Waals surface area contributed by atoms with Gasteiger partial charge in [-0.2, -0.15) is 0 Å². The normalized spacial score (nSPS) is 19.0. The van der Waals surface area contributed by atoms with Gasteiger partial charge in [0.05, 0.1) is 17.9 Å². The number of likely N-dealkylation sites (tertiary alicyclic amines) is 1. The van der Waals surface area contributed by atoms with Crippen LogP contribution in [0.3, 0.4) is 0 Å². The molecule has 1 aliphatic heterocycles. The molecule has 1 fully saturated rings. The number of piperidine rings is 1. The number of hydrogen-bond donors (Lipinski definition) is 1. The Balaban J connectivity index is 1.85. The second-order valence-corrected chi connectivity index (χ2v) is 6.11. The predicted octanol–water partition coefficient (Wildman–Crippen LogP) is 1.24. The number of rotatable bonds is 4. The highest BCUT2D eigenvalue weighted by Crippen LogP contribution is 2.32. The molecule has 7 nitrogen and oxygen atoms in total. The Bertz CT molecular complexity index is 689. The molecule has 3 heterocycles. The fourth-order valence-electron chi connectivity index (χ4n) is 3.40. The predicted molar refractivity (Wildman–Crippen MR) is 86.8 cm³/mol. The van der Waals surface area contributed by atoms with E-state index in [0.717, 1.165) is 25.2 Å².